The molecule has 0 aromatic carbocycles. The smallest absolute Gasteiger partial charge is 0.188 e. The first kappa shape index (κ1) is 10.4. The van der Waals surface area contributed by atoms with E-state index in [4.69, 9.17) is 5.73 Å². The summed E-state index contributed by atoms with van der Waals surface area (Å²) >= 11 is 0. The fourth-order valence-corrected chi connectivity index (χ4v) is 0.904. The SMILES string of the molecule is CCNC(N)=NCc1cnc(C)cn1. The maximum Gasteiger partial charge on any atom is 0.188 e. The average molecular weight is 193 g/mol. The summed E-state index contributed by atoms with van der Waals surface area (Å²) in [6, 6.07) is 0. The predicted molar refractivity (Wildman–Crippen MR) is 55.8 cm³/mol. The Hall–Kier alpha value is -1.65. The molecule has 5 heteroatoms. The molecule has 0 aliphatic carbocycles. The first-order valence-corrected chi connectivity index (χ1v) is 4.53. The standard InChI is InChI=1S/C9H15N5/c1-3-11-9(10)14-6-8-5-12-7(2)4-13-8/h4-5H,3,6H2,1-2H3,(H3,10,11,14). The van der Waals surface area contributed by atoms with E-state index in [1.54, 1.807) is 12.4 Å². The number of aromatic nitrogens is 2. The Morgan fingerprint density at radius 2 is 2.29 bits per heavy atom. The lowest BCUT2D eigenvalue weighted by molar-refractivity contribution is 0.899. The molecule has 1 aromatic rings. The molecule has 14 heavy (non-hydrogen) atoms. The van der Waals surface area contributed by atoms with E-state index in [2.05, 4.69) is 20.3 Å². The Labute approximate surface area is 83.5 Å². The van der Waals surface area contributed by atoms with Crippen molar-refractivity contribution in [2.45, 2.75) is 20.4 Å². The van der Waals surface area contributed by atoms with Crippen LogP contribution in [-0.4, -0.2) is 22.5 Å². The van der Waals surface area contributed by atoms with E-state index >= 15 is 0 Å². The summed E-state index contributed by atoms with van der Waals surface area (Å²) in [5, 5.41) is 2.91. The van der Waals surface area contributed by atoms with Gasteiger partial charge in [-0.3, -0.25) is 9.97 Å². The van der Waals surface area contributed by atoms with Crippen LogP contribution in [0.5, 0.6) is 0 Å². The summed E-state index contributed by atoms with van der Waals surface area (Å²) in [5.74, 6) is 0.440. The summed E-state index contributed by atoms with van der Waals surface area (Å²) in [6.07, 6.45) is 3.42. The molecular weight excluding hydrogens is 178 g/mol. The zero-order valence-corrected chi connectivity index (χ0v) is 8.49. The van der Waals surface area contributed by atoms with Crippen molar-refractivity contribution in [1.82, 2.24) is 15.3 Å². The van der Waals surface area contributed by atoms with Crippen LogP contribution >= 0.6 is 0 Å². The maximum atomic E-state index is 5.55. The van der Waals surface area contributed by atoms with Gasteiger partial charge < -0.3 is 11.1 Å². The molecule has 1 aromatic heterocycles. The van der Waals surface area contributed by atoms with Gasteiger partial charge in [0, 0.05) is 12.7 Å². The molecule has 0 spiro atoms. The van der Waals surface area contributed by atoms with E-state index in [0.29, 0.717) is 12.5 Å². The minimum atomic E-state index is 0.440. The van der Waals surface area contributed by atoms with Crippen molar-refractivity contribution in [2.24, 2.45) is 10.7 Å². The highest BCUT2D eigenvalue weighted by atomic mass is 15.1. The molecular formula is C9H15N5. The van der Waals surface area contributed by atoms with Gasteiger partial charge in [-0.2, -0.15) is 0 Å². The molecule has 0 atom stereocenters. The second kappa shape index (κ2) is 5.16. The highest BCUT2D eigenvalue weighted by molar-refractivity contribution is 5.77. The molecule has 0 radical (unpaired) electrons. The first-order chi connectivity index (χ1) is 6.72. The van der Waals surface area contributed by atoms with Gasteiger partial charge in [0.1, 0.15) is 0 Å². The molecule has 1 rings (SSSR count). The molecule has 0 aliphatic heterocycles. The number of nitrogens with one attached hydrogen (secondary N) is 1. The predicted octanol–water partition coefficient (Wildman–Crippen LogP) is 0.209. The van der Waals surface area contributed by atoms with Crippen molar-refractivity contribution >= 4 is 5.96 Å². The van der Waals surface area contributed by atoms with Crippen LogP contribution in [0.4, 0.5) is 0 Å². The monoisotopic (exact) mass is 193 g/mol. The van der Waals surface area contributed by atoms with Crippen molar-refractivity contribution in [3.8, 4) is 0 Å². The highest BCUT2D eigenvalue weighted by Crippen LogP contribution is 1.95. The molecule has 0 saturated carbocycles. The van der Waals surface area contributed by atoms with E-state index in [9.17, 15) is 0 Å². The number of aliphatic imine (C=N–C) groups is 1. The molecule has 76 valence electrons. The van der Waals surface area contributed by atoms with Gasteiger partial charge in [0.25, 0.3) is 0 Å². The summed E-state index contributed by atoms with van der Waals surface area (Å²) in [5.41, 5.74) is 7.27. The third kappa shape index (κ3) is 3.38. The van der Waals surface area contributed by atoms with Gasteiger partial charge in [0.15, 0.2) is 5.96 Å². The van der Waals surface area contributed by atoms with Gasteiger partial charge in [-0.1, -0.05) is 0 Å². The third-order valence-corrected chi connectivity index (χ3v) is 1.60. The van der Waals surface area contributed by atoms with Crippen LogP contribution in [-0.2, 0) is 6.54 Å². The van der Waals surface area contributed by atoms with Crippen LogP contribution in [0.3, 0.4) is 0 Å². The number of hydrogen-bond donors (Lipinski definition) is 2. The Morgan fingerprint density at radius 3 is 2.86 bits per heavy atom. The summed E-state index contributed by atoms with van der Waals surface area (Å²) < 4.78 is 0. The molecule has 5 nitrogen and oxygen atoms in total. The second-order valence-corrected chi connectivity index (χ2v) is 2.88. The minimum Gasteiger partial charge on any atom is -0.370 e. The van der Waals surface area contributed by atoms with Gasteiger partial charge in [0.05, 0.1) is 24.1 Å². The van der Waals surface area contributed by atoms with Crippen LogP contribution in [0.1, 0.15) is 18.3 Å². The van der Waals surface area contributed by atoms with Crippen molar-refractivity contribution in [3.63, 3.8) is 0 Å². The molecule has 3 N–H and O–H groups in total. The van der Waals surface area contributed by atoms with Crippen molar-refractivity contribution < 1.29 is 0 Å². The number of aryl methyl sites for hydroxylation is 1. The van der Waals surface area contributed by atoms with Gasteiger partial charge in [0.2, 0.25) is 0 Å². The summed E-state index contributed by atoms with van der Waals surface area (Å²) in [7, 11) is 0. The number of hydrogen-bond acceptors (Lipinski definition) is 3. The Morgan fingerprint density at radius 1 is 1.50 bits per heavy atom. The van der Waals surface area contributed by atoms with Crippen molar-refractivity contribution in [2.75, 3.05) is 6.54 Å². The molecule has 1 heterocycles. The van der Waals surface area contributed by atoms with Gasteiger partial charge in [-0.15, -0.1) is 0 Å². The van der Waals surface area contributed by atoms with Crippen molar-refractivity contribution in [3.05, 3.63) is 23.8 Å². The number of nitrogens with zero attached hydrogens (tertiary/aromatic N) is 3. The van der Waals surface area contributed by atoms with Gasteiger partial charge >= 0.3 is 0 Å². The van der Waals surface area contributed by atoms with E-state index in [0.717, 1.165) is 17.9 Å². The van der Waals surface area contributed by atoms with Crippen LogP contribution in [0.15, 0.2) is 17.4 Å². The van der Waals surface area contributed by atoms with Crippen LogP contribution in [0.25, 0.3) is 0 Å². The molecule has 0 amide bonds. The lowest BCUT2D eigenvalue weighted by Gasteiger charge is -2.01. The normalized spacial score (nSPS) is 11.4. The Kier molecular flexibility index (Phi) is 3.84. The largest absolute Gasteiger partial charge is 0.370 e. The summed E-state index contributed by atoms with van der Waals surface area (Å²) in [6.45, 7) is 5.10. The van der Waals surface area contributed by atoms with Crippen molar-refractivity contribution in [1.29, 1.82) is 0 Å². The van der Waals surface area contributed by atoms with E-state index < -0.39 is 0 Å². The fourth-order valence-electron chi connectivity index (χ4n) is 0.904. The minimum absolute atomic E-state index is 0.440. The quantitative estimate of drug-likeness (QED) is 0.531. The molecule has 0 fully saturated rings. The van der Waals surface area contributed by atoms with Crippen LogP contribution < -0.4 is 11.1 Å². The van der Waals surface area contributed by atoms with Crippen LogP contribution in [0.2, 0.25) is 0 Å². The fraction of sp³-hybridized carbons (Fsp3) is 0.444. The van der Waals surface area contributed by atoms with Gasteiger partial charge in [-0.25, -0.2) is 4.99 Å². The Bertz CT molecular complexity index is 303. The second-order valence-electron chi connectivity index (χ2n) is 2.88. The highest BCUT2D eigenvalue weighted by Gasteiger charge is 1.93. The number of rotatable bonds is 3. The van der Waals surface area contributed by atoms with E-state index in [-0.39, 0.29) is 0 Å². The lowest BCUT2D eigenvalue weighted by Crippen LogP contribution is -2.31. The number of nitrogens with two attached hydrogens (primary N) is 1. The van der Waals surface area contributed by atoms with Gasteiger partial charge in [-0.05, 0) is 13.8 Å². The topological polar surface area (TPSA) is 76.2 Å². The average Bonchev–Trinajstić information content (AvgIpc) is 2.17. The molecule has 0 unspecified atom stereocenters. The number of guanidine groups is 1. The summed E-state index contributed by atoms with van der Waals surface area (Å²) in [4.78, 5) is 12.4. The zero-order chi connectivity index (χ0) is 10.4. The Balaban J connectivity index is 2.53. The van der Waals surface area contributed by atoms with E-state index in [1.807, 2.05) is 13.8 Å². The van der Waals surface area contributed by atoms with Crippen LogP contribution in [0, 0.1) is 6.92 Å². The molecule has 0 aliphatic rings. The van der Waals surface area contributed by atoms with E-state index in [1.165, 1.54) is 0 Å². The first-order valence-electron chi connectivity index (χ1n) is 4.53. The maximum absolute atomic E-state index is 5.55. The third-order valence-electron chi connectivity index (χ3n) is 1.60. The lowest BCUT2D eigenvalue weighted by atomic mass is 10.4. The zero-order valence-electron chi connectivity index (χ0n) is 8.49. The molecule has 0 bridgehead atoms. The molecule has 0 saturated heterocycles.